The molecular weight excluding hydrogens is 344 g/mol. The number of allylic oxidation sites excluding steroid dienone is 5. The summed E-state index contributed by atoms with van der Waals surface area (Å²) in [7, 11) is 0. The molecule has 0 aromatic carbocycles. The van der Waals surface area contributed by atoms with E-state index in [0.717, 1.165) is 43.5 Å². The van der Waals surface area contributed by atoms with Crippen molar-refractivity contribution in [3.05, 3.63) is 35.8 Å². The topological polar surface area (TPSA) is 18.5 Å². The molecule has 0 aliphatic heterocycles. The van der Waals surface area contributed by atoms with E-state index in [1.807, 2.05) is 6.92 Å². The molecule has 0 heterocycles. The monoisotopic (exact) mass is 380 g/mol. The van der Waals surface area contributed by atoms with Gasteiger partial charge in [0.15, 0.2) is 5.60 Å². The van der Waals surface area contributed by atoms with Crippen molar-refractivity contribution in [3.8, 4) is 12.3 Å². The number of hydrogen-bond donors (Lipinski definition) is 0. The second kappa shape index (κ2) is 7.33. The molecule has 0 aromatic rings. The van der Waals surface area contributed by atoms with Crippen LogP contribution in [0.2, 0.25) is 0 Å². The molecule has 0 radical (unpaired) electrons. The Balaban J connectivity index is 1.65. The Hall–Kier alpha value is -1.62. The van der Waals surface area contributed by atoms with Crippen molar-refractivity contribution >= 4 is 0 Å². The molecule has 28 heavy (non-hydrogen) atoms. The van der Waals surface area contributed by atoms with E-state index >= 15 is 0 Å². The summed E-state index contributed by atoms with van der Waals surface area (Å²) in [6.07, 6.45) is 20.3. The van der Waals surface area contributed by atoms with Gasteiger partial charge in [-0.15, -0.1) is 6.42 Å². The largest absolute Gasteiger partial charge is 0.498 e. The first-order valence-electron chi connectivity index (χ1n) is 11.4. The van der Waals surface area contributed by atoms with Gasteiger partial charge < -0.3 is 9.47 Å². The highest BCUT2D eigenvalue weighted by molar-refractivity contribution is 5.33. The average Bonchev–Trinajstić information content (AvgIpc) is 3.02. The summed E-state index contributed by atoms with van der Waals surface area (Å²) in [4.78, 5) is 0. The highest BCUT2D eigenvalue weighted by atomic mass is 16.5. The zero-order chi connectivity index (χ0) is 19.9. The molecule has 0 aromatic heterocycles. The fourth-order valence-electron chi connectivity index (χ4n) is 7.46. The van der Waals surface area contributed by atoms with Crippen LogP contribution in [0, 0.1) is 41.4 Å². The van der Waals surface area contributed by atoms with Gasteiger partial charge in [-0.3, -0.25) is 0 Å². The van der Waals surface area contributed by atoms with Crippen LogP contribution >= 0.6 is 0 Å². The lowest BCUT2D eigenvalue weighted by molar-refractivity contribution is -0.107. The molecular formula is C26H36O2. The van der Waals surface area contributed by atoms with Gasteiger partial charge in [0.25, 0.3) is 0 Å². The van der Waals surface area contributed by atoms with Crippen LogP contribution in [-0.2, 0) is 9.47 Å². The van der Waals surface area contributed by atoms with Gasteiger partial charge >= 0.3 is 0 Å². The van der Waals surface area contributed by atoms with Crippen LogP contribution in [0.3, 0.4) is 0 Å². The second-order valence-corrected chi connectivity index (χ2v) is 9.43. The lowest BCUT2D eigenvalue weighted by atomic mass is 9.50. The average molecular weight is 381 g/mol. The van der Waals surface area contributed by atoms with Gasteiger partial charge in [-0.2, -0.15) is 0 Å². The van der Waals surface area contributed by atoms with E-state index in [1.54, 1.807) is 5.57 Å². The zero-order valence-corrected chi connectivity index (χ0v) is 17.9. The zero-order valence-electron chi connectivity index (χ0n) is 17.9. The first kappa shape index (κ1) is 19.7. The van der Waals surface area contributed by atoms with E-state index in [-0.39, 0.29) is 5.41 Å². The standard InChI is InChI=1S/C26H36O2/c1-6-25-15-13-22-21-12-10-20(27-8-3)17-19(21)9-11-23(22)24(25)14-16-26(25,7-2)28-18(4)5/h2,9,17,21-24H,4,6,8,10-16H2,1,3,5H3/t21?,22?,23?,24?,25-,26-/m0/s1. The van der Waals surface area contributed by atoms with Crippen molar-refractivity contribution in [2.45, 2.75) is 77.7 Å². The van der Waals surface area contributed by atoms with Crippen LogP contribution in [0.4, 0.5) is 0 Å². The molecule has 4 aliphatic rings. The Morgan fingerprint density at radius 3 is 2.75 bits per heavy atom. The van der Waals surface area contributed by atoms with E-state index in [2.05, 4.69) is 38.5 Å². The van der Waals surface area contributed by atoms with Crippen LogP contribution in [0.15, 0.2) is 35.8 Å². The molecule has 2 fully saturated rings. The van der Waals surface area contributed by atoms with Gasteiger partial charge in [0.2, 0.25) is 0 Å². The summed E-state index contributed by atoms with van der Waals surface area (Å²) < 4.78 is 12.2. The Kier molecular flexibility index (Phi) is 5.15. The summed E-state index contributed by atoms with van der Waals surface area (Å²) >= 11 is 0. The molecule has 0 spiro atoms. The predicted molar refractivity (Wildman–Crippen MR) is 114 cm³/mol. The second-order valence-electron chi connectivity index (χ2n) is 9.43. The minimum absolute atomic E-state index is 0.105. The van der Waals surface area contributed by atoms with Gasteiger partial charge in [0, 0.05) is 11.8 Å². The van der Waals surface area contributed by atoms with E-state index in [0.29, 0.717) is 11.8 Å². The molecule has 152 valence electrons. The van der Waals surface area contributed by atoms with Crippen LogP contribution in [0.5, 0.6) is 0 Å². The minimum Gasteiger partial charge on any atom is -0.498 e. The van der Waals surface area contributed by atoms with Crippen molar-refractivity contribution in [1.29, 1.82) is 0 Å². The summed E-state index contributed by atoms with van der Waals surface area (Å²) in [5.74, 6) is 8.01. The van der Waals surface area contributed by atoms with Gasteiger partial charge in [0.1, 0.15) is 0 Å². The number of ether oxygens (including phenoxy) is 2. The quantitative estimate of drug-likeness (QED) is 0.406. The lowest BCUT2D eigenvalue weighted by Crippen LogP contribution is -2.54. The van der Waals surface area contributed by atoms with E-state index < -0.39 is 5.60 Å². The van der Waals surface area contributed by atoms with Crippen LogP contribution in [0.1, 0.15) is 72.1 Å². The third-order valence-corrected chi connectivity index (χ3v) is 8.45. The van der Waals surface area contributed by atoms with Crippen LogP contribution in [-0.4, -0.2) is 12.2 Å². The van der Waals surface area contributed by atoms with Crippen LogP contribution < -0.4 is 0 Å². The van der Waals surface area contributed by atoms with Crippen molar-refractivity contribution in [1.82, 2.24) is 0 Å². The molecule has 0 saturated heterocycles. The lowest BCUT2D eigenvalue weighted by Gasteiger charge is -2.56. The van der Waals surface area contributed by atoms with Crippen molar-refractivity contribution in [2.24, 2.45) is 29.1 Å². The van der Waals surface area contributed by atoms with Crippen molar-refractivity contribution < 1.29 is 9.47 Å². The minimum atomic E-state index is -0.457. The number of hydrogen-bond acceptors (Lipinski definition) is 2. The highest BCUT2D eigenvalue weighted by Gasteiger charge is 2.65. The maximum atomic E-state index is 6.37. The van der Waals surface area contributed by atoms with E-state index in [1.165, 1.54) is 37.9 Å². The fraction of sp³-hybridized carbons (Fsp3) is 0.692. The Bertz CT molecular complexity index is 738. The van der Waals surface area contributed by atoms with Crippen molar-refractivity contribution in [3.63, 3.8) is 0 Å². The molecule has 4 rings (SSSR count). The van der Waals surface area contributed by atoms with Crippen molar-refractivity contribution in [2.75, 3.05) is 6.61 Å². The number of terminal acetylenes is 1. The fourth-order valence-corrected chi connectivity index (χ4v) is 7.46. The maximum Gasteiger partial charge on any atom is 0.174 e. The molecule has 0 N–H and O–H groups in total. The summed E-state index contributed by atoms with van der Waals surface area (Å²) in [5.41, 5.74) is 1.19. The SMILES string of the molecule is C#C[C@]1(OC(=C)C)CCC2C3CC=C4C=C(OCC)CCC4C3CC[C@@]21CC. The summed E-state index contributed by atoms with van der Waals surface area (Å²) in [5, 5.41) is 0. The molecule has 4 unspecified atom stereocenters. The van der Waals surface area contributed by atoms with E-state index in [4.69, 9.17) is 15.9 Å². The third-order valence-electron chi connectivity index (χ3n) is 8.45. The normalized spacial score (nSPS) is 41.5. The first-order valence-corrected chi connectivity index (χ1v) is 11.4. The van der Waals surface area contributed by atoms with Gasteiger partial charge in [-0.1, -0.05) is 25.5 Å². The Morgan fingerprint density at radius 1 is 1.25 bits per heavy atom. The third kappa shape index (κ3) is 2.77. The van der Waals surface area contributed by atoms with Gasteiger partial charge in [-0.05, 0) is 94.1 Å². The molecule has 2 saturated carbocycles. The molecule has 0 amide bonds. The first-order chi connectivity index (χ1) is 13.5. The smallest absolute Gasteiger partial charge is 0.174 e. The Morgan fingerprint density at radius 2 is 2.07 bits per heavy atom. The van der Waals surface area contributed by atoms with Gasteiger partial charge in [-0.25, -0.2) is 0 Å². The molecule has 2 nitrogen and oxygen atoms in total. The summed E-state index contributed by atoms with van der Waals surface area (Å²) in [6.45, 7) is 11.1. The van der Waals surface area contributed by atoms with Crippen LogP contribution in [0.25, 0.3) is 0 Å². The molecule has 4 aliphatic carbocycles. The predicted octanol–water partition coefficient (Wildman–Crippen LogP) is 6.40. The van der Waals surface area contributed by atoms with E-state index in [9.17, 15) is 0 Å². The Labute approximate surface area is 171 Å². The molecule has 6 atom stereocenters. The molecule has 2 heteroatoms. The molecule has 0 bridgehead atoms. The number of rotatable bonds is 5. The van der Waals surface area contributed by atoms with Gasteiger partial charge in [0.05, 0.1) is 18.1 Å². The highest BCUT2D eigenvalue weighted by Crippen LogP contribution is 2.66. The number of fused-ring (bicyclic) bond motifs is 5. The maximum absolute atomic E-state index is 6.37. The summed E-state index contributed by atoms with van der Waals surface area (Å²) in [6, 6.07) is 0.